The Morgan fingerprint density at radius 1 is 1.16 bits per heavy atom. The molecule has 0 saturated carbocycles. The topological polar surface area (TPSA) is 88.7 Å². The summed E-state index contributed by atoms with van der Waals surface area (Å²) in [5.41, 5.74) is 2.00. The molecular formula is C24H28N2O5S. The number of rotatable bonds is 8. The molecular weight excluding hydrogens is 428 g/mol. The molecule has 0 radical (unpaired) electrons. The first-order valence-electron chi connectivity index (χ1n) is 10.8. The first-order chi connectivity index (χ1) is 15.4. The molecule has 1 N–H and O–H groups in total. The second-order valence-electron chi connectivity index (χ2n) is 8.01. The van der Waals surface area contributed by atoms with Gasteiger partial charge in [-0.25, -0.2) is 8.42 Å². The molecule has 1 saturated heterocycles. The van der Waals surface area contributed by atoms with Gasteiger partial charge in [-0.15, -0.1) is 0 Å². The average molecular weight is 457 g/mol. The number of hydrogen-bond donors (Lipinski definition) is 1. The number of pyridine rings is 1. The van der Waals surface area contributed by atoms with E-state index in [1.54, 1.807) is 18.2 Å². The van der Waals surface area contributed by atoms with E-state index in [-0.39, 0.29) is 29.6 Å². The highest BCUT2D eigenvalue weighted by Crippen LogP contribution is 2.24. The van der Waals surface area contributed by atoms with Gasteiger partial charge in [0.05, 0.1) is 18.1 Å². The highest BCUT2D eigenvalue weighted by molar-refractivity contribution is 7.89. The number of sulfonamides is 1. The van der Waals surface area contributed by atoms with Crippen LogP contribution in [0.15, 0.2) is 58.2 Å². The van der Waals surface area contributed by atoms with Gasteiger partial charge in [0.25, 0.3) is 5.56 Å². The minimum atomic E-state index is -3.85. The maximum atomic E-state index is 13.5. The normalized spacial score (nSPS) is 16.7. The summed E-state index contributed by atoms with van der Waals surface area (Å²) in [7, 11) is -2.32. The number of ether oxygens (including phenoxy) is 2. The molecule has 0 bridgehead atoms. The van der Waals surface area contributed by atoms with E-state index in [1.807, 2.05) is 18.2 Å². The monoisotopic (exact) mass is 456 g/mol. The third kappa shape index (κ3) is 4.72. The van der Waals surface area contributed by atoms with Crippen LogP contribution in [-0.2, 0) is 27.7 Å². The smallest absolute Gasteiger partial charge is 0.252 e. The average Bonchev–Trinajstić information content (AvgIpc) is 3.32. The predicted octanol–water partition coefficient (Wildman–Crippen LogP) is 3.47. The zero-order valence-corrected chi connectivity index (χ0v) is 19.2. The van der Waals surface area contributed by atoms with Gasteiger partial charge in [-0.05, 0) is 72.7 Å². The van der Waals surface area contributed by atoms with Gasteiger partial charge < -0.3 is 14.5 Å². The summed E-state index contributed by atoms with van der Waals surface area (Å²) in [4.78, 5) is 15.8. The summed E-state index contributed by atoms with van der Waals surface area (Å²) in [6.45, 7) is 2.85. The van der Waals surface area contributed by atoms with Crippen LogP contribution in [0.25, 0.3) is 10.9 Å². The van der Waals surface area contributed by atoms with Crippen molar-refractivity contribution in [1.82, 2.24) is 9.29 Å². The second-order valence-corrected chi connectivity index (χ2v) is 9.94. The summed E-state index contributed by atoms with van der Waals surface area (Å²) in [6, 6.07) is 14.0. The van der Waals surface area contributed by atoms with Gasteiger partial charge in [-0.2, -0.15) is 4.31 Å². The van der Waals surface area contributed by atoms with Crippen molar-refractivity contribution in [3.63, 3.8) is 0 Å². The van der Waals surface area contributed by atoms with E-state index in [9.17, 15) is 13.2 Å². The minimum absolute atomic E-state index is 0.0319. The molecule has 2 aromatic carbocycles. The molecule has 0 aliphatic carbocycles. The Morgan fingerprint density at radius 2 is 1.94 bits per heavy atom. The quantitative estimate of drug-likeness (QED) is 0.561. The molecule has 0 spiro atoms. The number of H-pyrrole nitrogens is 1. The van der Waals surface area contributed by atoms with E-state index in [4.69, 9.17) is 9.47 Å². The van der Waals surface area contributed by atoms with E-state index in [2.05, 4.69) is 11.9 Å². The molecule has 170 valence electrons. The van der Waals surface area contributed by atoms with Gasteiger partial charge in [-0.3, -0.25) is 4.79 Å². The first-order valence-corrected chi connectivity index (χ1v) is 12.3. The molecule has 1 aliphatic rings. The van der Waals surface area contributed by atoms with Crippen molar-refractivity contribution < 1.29 is 17.9 Å². The van der Waals surface area contributed by atoms with Crippen LogP contribution in [0.1, 0.15) is 30.9 Å². The van der Waals surface area contributed by atoms with E-state index >= 15 is 0 Å². The molecule has 8 heteroatoms. The molecule has 2 heterocycles. The van der Waals surface area contributed by atoms with Gasteiger partial charge >= 0.3 is 0 Å². The van der Waals surface area contributed by atoms with Crippen LogP contribution in [0.3, 0.4) is 0 Å². The Bertz CT molecular complexity index is 1250. The van der Waals surface area contributed by atoms with Gasteiger partial charge in [0.1, 0.15) is 5.75 Å². The maximum absolute atomic E-state index is 13.5. The summed E-state index contributed by atoms with van der Waals surface area (Å²) < 4.78 is 39.2. The van der Waals surface area contributed by atoms with Gasteiger partial charge in [-0.1, -0.05) is 13.0 Å². The van der Waals surface area contributed by atoms with Crippen LogP contribution < -0.4 is 10.3 Å². The Labute approximate surface area is 188 Å². The van der Waals surface area contributed by atoms with Crippen molar-refractivity contribution in [2.45, 2.75) is 43.7 Å². The summed E-state index contributed by atoms with van der Waals surface area (Å²) >= 11 is 0. The fourth-order valence-electron chi connectivity index (χ4n) is 3.99. The van der Waals surface area contributed by atoms with Crippen LogP contribution in [0.2, 0.25) is 0 Å². The summed E-state index contributed by atoms with van der Waals surface area (Å²) in [5, 5.41) is 0.887. The van der Waals surface area contributed by atoms with E-state index in [0.29, 0.717) is 17.9 Å². The van der Waals surface area contributed by atoms with Crippen molar-refractivity contribution in [1.29, 1.82) is 0 Å². The number of benzene rings is 2. The molecule has 4 rings (SSSR count). The molecule has 32 heavy (non-hydrogen) atoms. The molecule has 1 aliphatic heterocycles. The van der Waals surface area contributed by atoms with Crippen LogP contribution in [-0.4, -0.2) is 44.1 Å². The molecule has 0 amide bonds. The van der Waals surface area contributed by atoms with Crippen molar-refractivity contribution in [2.24, 2.45) is 0 Å². The third-order valence-electron chi connectivity index (χ3n) is 5.87. The largest absolute Gasteiger partial charge is 0.497 e. The lowest BCUT2D eigenvalue weighted by molar-refractivity contribution is 0.0925. The second kappa shape index (κ2) is 9.44. The van der Waals surface area contributed by atoms with Crippen LogP contribution >= 0.6 is 0 Å². The van der Waals surface area contributed by atoms with Crippen LogP contribution in [0.5, 0.6) is 5.75 Å². The highest BCUT2D eigenvalue weighted by atomic mass is 32.2. The molecule has 7 nitrogen and oxygen atoms in total. The Hall–Kier alpha value is -2.68. The fourth-order valence-corrected chi connectivity index (χ4v) is 5.44. The summed E-state index contributed by atoms with van der Waals surface area (Å²) in [5.74, 6) is 0.576. The number of hydrogen-bond acceptors (Lipinski definition) is 5. The zero-order chi connectivity index (χ0) is 22.7. The summed E-state index contributed by atoms with van der Waals surface area (Å²) in [6.07, 6.45) is 2.38. The van der Waals surface area contributed by atoms with Crippen LogP contribution in [0, 0.1) is 0 Å². The lowest BCUT2D eigenvalue weighted by atomic mass is 10.1. The SMILES string of the molecule is CCc1ccc2[nH]c(=O)c(CN(C[C@@H]3CCCO3)S(=O)(=O)c3ccc(OC)cc3)cc2c1. The number of aromatic nitrogens is 1. The minimum Gasteiger partial charge on any atom is -0.497 e. The van der Waals surface area contributed by atoms with Crippen LogP contribution in [0.4, 0.5) is 0 Å². The lowest BCUT2D eigenvalue weighted by Crippen LogP contribution is -2.38. The number of aryl methyl sites for hydroxylation is 1. The molecule has 3 aromatic rings. The molecule has 1 fully saturated rings. The number of nitrogens with zero attached hydrogens (tertiary/aromatic N) is 1. The number of fused-ring (bicyclic) bond motifs is 1. The Kier molecular flexibility index (Phi) is 6.64. The van der Waals surface area contributed by atoms with Gasteiger partial charge in [0.2, 0.25) is 10.0 Å². The zero-order valence-electron chi connectivity index (χ0n) is 18.3. The Balaban J connectivity index is 1.71. The third-order valence-corrected chi connectivity index (χ3v) is 7.69. The Morgan fingerprint density at radius 3 is 2.59 bits per heavy atom. The lowest BCUT2D eigenvalue weighted by Gasteiger charge is -2.25. The number of nitrogens with one attached hydrogen (secondary N) is 1. The van der Waals surface area contributed by atoms with E-state index in [1.165, 1.54) is 23.5 Å². The van der Waals surface area contributed by atoms with Crippen molar-refractivity contribution in [3.05, 3.63) is 70.0 Å². The van der Waals surface area contributed by atoms with Crippen molar-refractivity contribution >= 4 is 20.9 Å². The standard InChI is InChI=1S/C24H28N2O5S/c1-3-17-6-11-23-18(13-17)14-19(24(27)25-23)15-26(16-21-5-4-12-31-21)32(28,29)22-9-7-20(30-2)8-10-22/h6-11,13-14,21H,3-5,12,15-16H2,1-2H3,(H,25,27)/t21-/m0/s1. The van der Waals surface area contributed by atoms with Crippen molar-refractivity contribution in [2.75, 3.05) is 20.3 Å². The predicted molar refractivity (Wildman–Crippen MR) is 124 cm³/mol. The van der Waals surface area contributed by atoms with E-state index in [0.717, 1.165) is 35.7 Å². The fraction of sp³-hybridized carbons (Fsp3) is 0.375. The van der Waals surface area contributed by atoms with Crippen molar-refractivity contribution in [3.8, 4) is 5.75 Å². The maximum Gasteiger partial charge on any atom is 0.252 e. The van der Waals surface area contributed by atoms with Gasteiger partial charge in [0, 0.05) is 30.8 Å². The molecule has 0 unspecified atom stereocenters. The van der Waals surface area contributed by atoms with E-state index < -0.39 is 10.0 Å². The number of aromatic amines is 1. The number of methoxy groups -OCH3 is 1. The first kappa shape index (κ1) is 22.5. The molecule has 1 atom stereocenters. The van der Waals surface area contributed by atoms with Gasteiger partial charge in [0.15, 0.2) is 0 Å². The molecule has 1 aromatic heterocycles. The highest BCUT2D eigenvalue weighted by Gasteiger charge is 2.30.